The lowest BCUT2D eigenvalue weighted by atomic mass is 10.0. The third-order valence-electron chi connectivity index (χ3n) is 4.15. The van der Waals surface area contributed by atoms with Crippen molar-refractivity contribution in [1.82, 2.24) is 0 Å². The summed E-state index contributed by atoms with van der Waals surface area (Å²) >= 11 is 6.08. The molecule has 1 N–H and O–H groups in total. The van der Waals surface area contributed by atoms with E-state index in [-0.39, 0.29) is 11.7 Å². The van der Waals surface area contributed by atoms with Gasteiger partial charge in [0.2, 0.25) is 5.91 Å². The zero-order valence-electron chi connectivity index (χ0n) is 15.9. The molecular formula is C24H20ClNO3. The van der Waals surface area contributed by atoms with E-state index in [9.17, 15) is 9.59 Å². The highest BCUT2D eigenvalue weighted by atomic mass is 35.5. The minimum Gasteiger partial charge on any atom is -0.493 e. The number of halogens is 1. The Morgan fingerprint density at radius 2 is 1.72 bits per heavy atom. The second-order valence-corrected chi connectivity index (χ2v) is 6.61. The van der Waals surface area contributed by atoms with E-state index < -0.39 is 0 Å². The molecule has 0 radical (unpaired) electrons. The van der Waals surface area contributed by atoms with Crippen LogP contribution in [0.1, 0.15) is 28.4 Å². The van der Waals surface area contributed by atoms with Crippen LogP contribution in [-0.4, -0.2) is 18.3 Å². The van der Waals surface area contributed by atoms with Gasteiger partial charge in [-0.2, -0.15) is 0 Å². The molecule has 3 aromatic rings. The van der Waals surface area contributed by atoms with Gasteiger partial charge in [-0.3, -0.25) is 9.59 Å². The predicted octanol–water partition coefficient (Wildman–Crippen LogP) is 5.62. The summed E-state index contributed by atoms with van der Waals surface area (Å²) in [6.07, 6.45) is 3.08. The molecule has 5 heteroatoms. The van der Waals surface area contributed by atoms with Crippen LogP contribution in [0.4, 0.5) is 5.69 Å². The number of para-hydroxylation sites is 1. The monoisotopic (exact) mass is 405 g/mol. The van der Waals surface area contributed by atoms with Crippen LogP contribution >= 0.6 is 11.6 Å². The molecule has 0 bridgehead atoms. The molecule has 29 heavy (non-hydrogen) atoms. The number of ether oxygens (including phenoxy) is 1. The topological polar surface area (TPSA) is 55.4 Å². The first-order valence-electron chi connectivity index (χ1n) is 9.18. The number of amides is 1. The van der Waals surface area contributed by atoms with E-state index in [1.807, 2.05) is 37.3 Å². The van der Waals surface area contributed by atoms with Gasteiger partial charge in [-0.15, -0.1) is 0 Å². The van der Waals surface area contributed by atoms with Crippen LogP contribution in [0.25, 0.3) is 6.08 Å². The van der Waals surface area contributed by atoms with E-state index in [1.54, 1.807) is 48.5 Å². The van der Waals surface area contributed by atoms with Crippen molar-refractivity contribution in [3.05, 3.63) is 101 Å². The lowest BCUT2D eigenvalue weighted by molar-refractivity contribution is -0.111. The van der Waals surface area contributed by atoms with Crippen LogP contribution in [0, 0.1) is 0 Å². The molecule has 0 aliphatic rings. The van der Waals surface area contributed by atoms with Gasteiger partial charge in [0.25, 0.3) is 0 Å². The quantitative estimate of drug-likeness (QED) is 0.410. The molecule has 0 spiro atoms. The normalized spacial score (nSPS) is 10.7. The first kappa shape index (κ1) is 20.4. The summed E-state index contributed by atoms with van der Waals surface area (Å²) in [4.78, 5) is 25.3. The fourth-order valence-corrected chi connectivity index (χ4v) is 2.98. The Balaban J connectivity index is 1.82. The molecule has 0 atom stereocenters. The molecule has 0 unspecified atom stereocenters. The molecule has 3 aromatic carbocycles. The van der Waals surface area contributed by atoms with Crippen molar-refractivity contribution in [2.75, 3.05) is 11.9 Å². The van der Waals surface area contributed by atoms with Crippen LogP contribution in [0.15, 0.2) is 78.9 Å². The second kappa shape index (κ2) is 9.71. The van der Waals surface area contributed by atoms with Gasteiger partial charge >= 0.3 is 0 Å². The van der Waals surface area contributed by atoms with Crippen molar-refractivity contribution >= 4 is 35.1 Å². The average molecular weight is 406 g/mol. The number of nitrogens with one attached hydrogen (secondary N) is 1. The zero-order chi connectivity index (χ0) is 20.6. The number of carbonyl (C=O) groups excluding carboxylic acids is 2. The van der Waals surface area contributed by atoms with E-state index in [4.69, 9.17) is 16.3 Å². The molecule has 0 heterocycles. The highest BCUT2D eigenvalue weighted by Gasteiger charge is 2.15. The molecule has 146 valence electrons. The maximum atomic E-state index is 12.9. The van der Waals surface area contributed by atoms with Crippen LogP contribution in [-0.2, 0) is 4.79 Å². The van der Waals surface area contributed by atoms with Crippen LogP contribution in [0.3, 0.4) is 0 Å². The fraction of sp³-hybridized carbons (Fsp3) is 0.0833. The summed E-state index contributed by atoms with van der Waals surface area (Å²) < 4.78 is 5.56. The lowest BCUT2D eigenvalue weighted by Crippen LogP contribution is -2.12. The van der Waals surface area contributed by atoms with Gasteiger partial charge in [0, 0.05) is 27.8 Å². The second-order valence-electron chi connectivity index (χ2n) is 6.18. The maximum absolute atomic E-state index is 12.9. The van der Waals surface area contributed by atoms with Crippen molar-refractivity contribution < 1.29 is 14.3 Å². The Kier molecular flexibility index (Phi) is 6.82. The lowest BCUT2D eigenvalue weighted by Gasteiger charge is -2.10. The van der Waals surface area contributed by atoms with Gasteiger partial charge in [-0.25, -0.2) is 0 Å². The molecule has 0 aliphatic carbocycles. The molecule has 4 nitrogen and oxygen atoms in total. The number of hydrogen-bond acceptors (Lipinski definition) is 3. The molecular weight excluding hydrogens is 386 g/mol. The van der Waals surface area contributed by atoms with E-state index in [1.165, 1.54) is 6.08 Å². The third-order valence-corrected chi connectivity index (χ3v) is 4.39. The zero-order valence-corrected chi connectivity index (χ0v) is 16.6. The summed E-state index contributed by atoms with van der Waals surface area (Å²) in [5.41, 5.74) is 2.05. The Hall–Kier alpha value is -3.37. The standard InChI is InChI=1S/C24H20ClNO3/c1-2-29-22-11-7-6-8-17(22)12-15-23(27)26-21-14-13-19(25)16-20(21)24(28)18-9-4-3-5-10-18/h3-16H,2H2,1H3,(H,26,27)/b15-12+. The van der Waals surface area contributed by atoms with Crippen molar-refractivity contribution in [3.8, 4) is 5.75 Å². The van der Waals surface area contributed by atoms with Gasteiger partial charge in [-0.05, 0) is 37.3 Å². The van der Waals surface area contributed by atoms with E-state index in [0.29, 0.717) is 34.2 Å². The highest BCUT2D eigenvalue weighted by Crippen LogP contribution is 2.24. The number of benzene rings is 3. The maximum Gasteiger partial charge on any atom is 0.248 e. The van der Waals surface area contributed by atoms with E-state index >= 15 is 0 Å². The number of hydrogen-bond donors (Lipinski definition) is 1. The van der Waals surface area contributed by atoms with Gasteiger partial charge in [-0.1, -0.05) is 60.1 Å². The largest absolute Gasteiger partial charge is 0.493 e. The van der Waals surface area contributed by atoms with E-state index in [0.717, 1.165) is 5.56 Å². The fourth-order valence-electron chi connectivity index (χ4n) is 2.80. The number of rotatable bonds is 7. The first-order valence-corrected chi connectivity index (χ1v) is 9.56. The average Bonchev–Trinajstić information content (AvgIpc) is 2.75. The molecule has 0 aliphatic heterocycles. The first-order chi connectivity index (χ1) is 14.1. The van der Waals surface area contributed by atoms with Crippen LogP contribution in [0.5, 0.6) is 5.75 Å². The van der Waals surface area contributed by atoms with Crippen molar-refractivity contribution in [3.63, 3.8) is 0 Å². The van der Waals surface area contributed by atoms with Gasteiger partial charge in [0.1, 0.15) is 5.75 Å². The smallest absolute Gasteiger partial charge is 0.248 e. The number of carbonyl (C=O) groups is 2. The van der Waals surface area contributed by atoms with Crippen molar-refractivity contribution in [2.24, 2.45) is 0 Å². The Morgan fingerprint density at radius 3 is 2.48 bits per heavy atom. The molecule has 0 saturated carbocycles. The molecule has 0 aromatic heterocycles. The van der Waals surface area contributed by atoms with Crippen LogP contribution < -0.4 is 10.1 Å². The number of ketones is 1. The molecule has 0 saturated heterocycles. The minimum absolute atomic E-state index is 0.214. The highest BCUT2D eigenvalue weighted by molar-refractivity contribution is 6.31. The van der Waals surface area contributed by atoms with Gasteiger partial charge < -0.3 is 10.1 Å². The summed E-state index contributed by atoms with van der Waals surface area (Å²) in [7, 11) is 0. The van der Waals surface area contributed by atoms with Crippen molar-refractivity contribution in [1.29, 1.82) is 0 Å². The van der Waals surface area contributed by atoms with E-state index in [2.05, 4.69) is 5.32 Å². The summed E-state index contributed by atoms with van der Waals surface area (Å²) in [6, 6.07) is 21.1. The summed E-state index contributed by atoms with van der Waals surface area (Å²) in [6.45, 7) is 2.44. The number of anilines is 1. The predicted molar refractivity (Wildman–Crippen MR) is 117 cm³/mol. The minimum atomic E-state index is -0.360. The van der Waals surface area contributed by atoms with Gasteiger partial charge in [0.05, 0.1) is 12.3 Å². The SMILES string of the molecule is CCOc1ccccc1/C=C/C(=O)Nc1ccc(Cl)cc1C(=O)c1ccccc1. The Morgan fingerprint density at radius 1 is 1.00 bits per heavy atom. The van der Waals surface area contributed by atoms with Crippen LogP contribution in [0.2, 0.25) is 5.02 Å². The molecule has 0 fully saturated rings. The summed E-state index contributed by atoms with van der Waals surface area (Å²) in [5, 5.41) is 3.18. The molecule has 3 rings (SSSR count). The molecule has 1 amide bonds. The Bertz CT molecular complexity index is 1050. The third kappa shape index (κ3) is 5.33. The Labute approximate surface area is 174 Å². The summed E-state index contributed by atoms with van der Waals surface area (Å²) in [5.74, 6) is 0.125. The van der Waals surface area contributed by atoms with Gasteiger partial charge in [0.15, 0.2) is 5.78 Å². The van der Waals surface area contributed by atoms with Crippen molar-refractivity contribution in [2.45, 2.75) is 6.92 Å².